The summed E-state index contributed by atoms with van der Waals surface area (Å²) in [4.78, 5) is 0.479. The molecule has 3 rings (SSSR count). The van der Waals surface area contributed by atoms with Crippen molar-refractivity contribution >= 4 is 9.84 Å². The summed E-state index contributed by atoms with van der Waals surface area (Å²) in [5.74, 6) is 0.272. The molecule has 0 aromatic heterocycles. The van der Waals surface area contributed by atoms with E-state index in [1.54, 1.807) is 42.5 Å². The number of benzene rings is 1. The first-order chi connectivity index (χ1) is 10.6. The second-order valence-electron chi connectivity index (χ2n) is 5.15. The molecule has 0 saturated carbocycles. The molecule has 1 heterocycles. The Morgan fingerprint density at radius 1 is 1.18 bits per heavy atom. The Kier molecular flexibility index (Phi) is 3.86. The van der Waals surface area contributed by atoms with Crippen LogP contribution in [0.15, 0.2) is 69.7 Å². The number of nitrogens with zero attached hydrogens (tertiary/aromatic N) is 1. The van der Waals surface area contributed by atoms with E-state index in [0.29, 0.717) is 25.2 Å². The Morgan fingerprint density at radius 2 is 1.95 bits per heavy atom. The molecule has 1 saturated heterocycles. The van der Waals surface area contributed by atoms with Crippen molar-refractivity contribution in [3.05, 3.63) is 64.8 Å². The number of fused-ring (bicyclic) bond motifs is 1. The minimum Gasteiger partial charge on any atom is -0.493 e. The molecule has 112 valence electrons. The van der Waals surface area contributed by atoms with Gasteiger partial charge in [-0.05, 0) is 24.6 Å². The third-order valence-corrected chi connectivity index (χ3v) is 5.57. The monoisotopic (exact) mass is 313 g/mol. The van der Waals surface area contributed by atoms with Crippen molar-refractivity contribution in [3.63, 3.8) is 0 Å². The Hall–Kier alpha value is -2.32. The second-order valence-corrected chi connectivity index (χ2v) is 7.10. The summed E-state index contributed by atoms with van der Waals surface area (Å²) >= 11 is 0. The molecule has 1 aliphatic carbocycles. The van der Waals surface area contributed by atoms with E-state index in [-0.39, 0.29) is 15.7 Å². The maximum absolute atomic E-state index is 12.7. The van der Waals surface area contributed by atoms with Gasteiger partial charge in [0, 0.05) is 12.0 Å². The Morgan fingerprint density at radius 3 is 2.68 bits per heavy atom. The summed E-state index contributed by atoms with van der Waals surface area (Å²) in [6.07, 6.45) is 6.20. The predicted molar refractivity (Wildman–Crippen MR) is 82.2 cm³/mol. The van der Waals surface area contributed by atoms with Crippen molar-refractivity contribution in [1.82, 2.24) is 0 Å². The molecule has 4 nitrogen and oxygen atoms in total. The van der Waals surface area contributed by atoms with Crippen molar-refractivity contribution in [2.75, 3.05) is 6.61 Å². The van der Waals surface area contributed by atoms with Gasteiger partial charge in [0.25, 0.3) is 0 Å². The zero-order valence-electron chi connectivity index (χ0n) is 11.9. The van der Waals surface area contributed by atoms with Crippen LogP contribution in [0.4, 0.5) is 0 Å². The topological polar surface area (TPSA) is 67.2 Å². The lowest BCUT2D eigenvalue weighted by Gasteiger charge is -2.23. The fourth-order valence-corrected chi connectivity index (χ4v) is 3.98. The van der Waals surface area contributed by atoms with Gasteiger partial charge in [-0.2, -0.15) is 5.26 Å². The third kappa shape index (κ3) is 2.58. The summed E-state index contributed by atoms with van der Waals surface area (Å²) in [5.41, 5.74) is 0.795. The van der Waals surface area contributed by atoms with Gasteiger partial charge in [0.2, 0.25) is 9.84 Å². The average molecular weight is 313 g/mol. The molecule has 1 aromatic rings. The van der Waals surface area contributed by atoms with Gasteiger partial charge in [-0.25, -0.2) is 8.42 Å². The summed E-state index contributed by atoms with van der Waals surface area (Å²) in [6.45, 7) is 0.431. The highest BCUT2D eigenvalue weighted by atomic mass is 32.2. The van der Waals surface area contributed by atoms with E-state index in [1.807, 2.05) is 6.08 Å². The number of hydrogen-bond acceptors (Lipinski definition) is 4. The van der Waals surface area contributed by atoms with Gasteiger partial charge in [0.15, 0.2) is 0 Å². The zero-order chi connectivity index (χ0) is 15.6. The first-order valence-corrected chi connectivity index (χ1v) is 8.56. The van der Waals surface area contributed by atoms with Crippen LogP contribution in [0.3, 0.4) is 0 Å². The average Bonchev–Trinajstić information content (AvgIpc) is 2.78. The van der Waals surface area contributed by atoms with Crippen molar-refractivity contribution in [2.24, 2.45) is 5.92 Å². The number of ether oxygens (including phenoxy) is 1. The van der Waals surface area contributed by atoms with E-state index in [1.165, 1.54) is 0 Å². The minimum absolute atomic E-state index is 0.221. The van der Waals surface area contributed by atoms with E-state index in [4.69, 9.17) is 4.74 Å². The van der Waals surface area contributed by atoms with Crippen LogP contribution in [0, 0.1) is 17.2 Å². The number of allylic oxidation sites excluding steroid dienone is 4. The van der Waals surface area contributed by atoms with E-state index in [0.717, 1.165) is 5.57 Å². The van der Waals surface area contributed by atoms with Crippen molar-refractivity contribution in [2.45, 2.75) is 17.7 Å². The Labute approximate surface area is 129 Å². The SMILES string of the molecule is N#CC1CCOC2=CC(S(=O)(=O)c3ccccc3)=CCC=C21. The number of nitriles is 1. The molecule has 0 amide bonds. The van der Waals surface area contributed by atoms with Gasteiger partial charge < -0.3 is 4.74 Å². The molecule has 5 heteroatoms. The quantitative estimate of drug-likeness (QED) is 0.841. The van der Waals surface area contributed by atoms with Gasteiger partial charge in [0.1, 0.15) is 5.76 Å². The molecule has 0 bridgehead atoms. The number of sulfone groups is 1. The van der Waals surface area contributed by atoms with Gasteiger partial charge in [-0.3, -0.25) is 0 Å². The van der Waals surface area contributed by atoms with Crippen LogP contribution in [0.1, 0.15) is 12.8 Å². The maximum atomic E-state index is 12.7. The van der Waals surface area contributed by atoms with Gasteiger partial charge in [-0.15, -0.1) is 0 Å². The lowest BCUT2D eigenvalue weighted by molar-refractivity contribution is 0.180. The lowest BCUT2D eigenvalue weighted by atomic mass is 9.93. The molecule has 1 atom stereocenters. The number of rotatable bonds is 2. The standard InChI is InChI=1S/C17H15NO3S/c18-12-13-9-10-21-17-11-15(7-4-8-16(13)17)22(19,20)14-5-2-1-3-6-14/h1-3,5-8,11,13H,4,9-10H2. The third-order valence-electron chi connectivity index (χ3n) is 3.77. The molecule has 1 aliphatic heterocycles. The molecular weight excluding hydrogens is 298 g/mol. The highest BCUT2D eigenvalue weighted by Crippen LogP contribution is 2.34. The van der Waals surface area contributed by atoms with E-state index in [2.05, 4.69) is 6.07 Å². The second kappa shape index (κ2) is 5.82. The first-order valence-electron chi connectivity index (χ1n) is 7.08. The van der Waals surface area contributed by atoms with E-state index < -0.39 is 9.84 Å². The fourth-order valence-electron chi connectivity index (χ4n) is 2.61. The van der Waals surface area contributed by atoms with E-state index >= 15 is 0 Å². The van der Waals surface area contributed by atoms with E-state index in [9.17, 15) is 13.7 Å². The van der Waals surface area contributed by atoms with Gasteiger partial charge in [-0.1, -0.05) is 30.4 Å². The van der Waals surface area contributed by atoms with Crippen LogP contribution in [0.5, 0.6) is 0 Å². The highest BCUT2D eigenvalue weighted by Gasteiger charge is 2.28. The van der Waals surface area contributed by atoms with Crippen LogP contribution < -0.4 is 0 Å². The van der Waals surface area contributed by atoms with Crippen LogP contribution in [0.2, 0.25) is 0 Å². The smallest absolute Gasteiger partial charge is 0.206 e. The maximum Gasteiger partial charge on any atom is 0.206 e. The summed E-state index contributed by atoms with van der Waals surface area (Å²) in [6, 6.07) is 10.6. The molecule has 1 aromatic carbocycles. The molecule has 1 unspecified atom stereocenters. The lowest BCUT2D eigenvalue weighted by Crippen LogP contribution is -2.16. The van der Waals surface area contributed by atoms with Crippen molar-refractivity contribution in [1.29, 1.82) is 5.26 Å². The van der Waals surface area contributed by atoms with Gasteiger partial charge >= 0.3 is 0 Å². The number of hydrogen-bond donors (Lipinski definition) is 0. The summed E-state index contributed by atoms with van der Waals surface area (Å²) in [5, 5.41) is 9.22. The Balaban J connectivity index is 2.01. The predicted octanol–water partition coefficient (Wildman–Crippen LogP) is 3.12. The fraction of sp³-hybridized carbons (Fsp3) is 0.235. The zero-order valence-corrected chi connectivity index (χ0v) is 12.7. The van der Waals surface area contributed by atoms with Crippen LogP contribution in [-0.4, -0.2) is 15.0 Å². The summed E-state index contributed by atoms with van der Waals surface area (Å²) in [7, 11) is -3.57. The molecule has 2 aliphatic rings. The largest absolute Gasteiger partial charge is 0.493 e. The molecular formula is C17H15NO3S. The summed E-state index contributed by atoms with van der Waals surface area (Å²) < 4.78 is 31.0. The molecule has 0 spiro atoms. The van der Waals surface area contributed by atoms with Crippen LogP contribution in [-0.2, 0) is 14.6 Å². The van der Waals surface area contributed by atoms with Crippen molar-refractivity contribution < 1.29 is 13.2 Å². The van der Waals surface area contributed by atoms with Crippen LogP contribution >= 0.6 is 0 Å². The van der Waals surface area contributed by atoms with Gasteiger partial charge in [0.05, 0.1) is 28.4 Å². The normalized spacial score (nSPS) is 21.2. The molecule has 22 heavy (non-hydrogen) atoms. The molecule has 1 fully saturated rings. The Bertz CT molecular complexity index is 811. The van der Waals surface area contributed by atoms with Crippen LogP contribution in [0.25, 0.3) is 0 Å². The first kappa shape index (κ1) is 14.6. The molecule has 0 radical (unpaired) electrons. The minimum atomic E-state index is -3.57. The molecule has 0 N–H and O–H groups in total. The highest BCUT2D eigenvalue weighted by molar-refractivity contribution is 7.95. The van der Waals surface area contributed by atoms with Crippen molar-refractivity contribution in [3.8, 4) is 6.07 Å².